The van der Waals surface area contributed by atoms with E-state index in [-0.39, 0.29) is 11.8 Å². The van der Waals surface area contributed by atoms with Gasteiger partial charge in [-0.1, -0.05) is 18.2 Å². The number of carbonyl (C=O) groups is 2. The zero-order chi connectivity index (χ0) is 16.6. The monoisotopic (exact) mass is 318 g/mol. The molecule has 2 heterocycles. The van der Waals surface area contributed by atoms with E-state index < -0.39 is 17.6 Å². The Morgan fingerprint density at radius 2 is 2.22 bits per heavy atom. The number of hydrogen-bond donors (Lipinski definition) is 1. The summed E-state index contributed by atoms with van der Waals surface area (Å²) in [7, 11) is 1.62. The zero-order valence-corrected chi connectivity index (χ0v) is 13.5. The third kappa shape index (κ3) is 2.57. The van der Waals surface area contributed by atoms with E-state index in [4.69, 9.17) is 15.2 Å². The van der Waals surface area contributed by atoms with E-state index in [1.54, 1.807) is 12.0 Å². The highest BCUT2D eigenvalue weighted by Crippen LogP contribution is 2.49. The predicted molar refractivity (Wildman–Crippen MR) is 83.7 cm³/mol. The minimum Gasteiger partial charge on any atom is -0.468 e. The summed E-state index contributed by atoms with van der Waals surface area (Å²) in [6.07, 6.45) is 1.25. The fraction of sp³-hybridized carbons (Fsp3) is 0.529. The van der Waals surface area contributed by atoms with Crippen molar-refractivity contribution in [3.63, 3.8) is 0 Å². The van der Waals surface area contributed by atoms with Gasteiger partial charge in [-0.25, -0.2) is 0 Å². The molecule has 3 atom stereocenters. The Balaban J connectivity index is 2.00. The molecule has 6 heteroatoms. The maximum Gasteiger partial charge on any atom is 0.238 e. The standard InChI is InChI=1S/C17H22N2O4/c1-17-10-12(11-6-3-4-7-13(11)23-17)14(15(18)20)16(21)19(17)8-5-9-22-2/h3-4,6-7,12,14H,5,8-10H2,1-2H3,(H2,18,20)/t12-,14+,17+/m0/s1. The number of piperidine rings is 1. The van der Waals surface area contributed by atoms with Crippen LogP contribution in [0.5, 0.6) is 5.75 Å². The second kappa shape index (κ2) is 5.85. The van der Waals surface area contributed by atoms with Crippen molar-refractivity contribution in [2.24, 2.45) is 11.7 Å². The first kappa shape index (κ1) is 15.8. The van der Waals surface area contributed by atoms with Crippen molar-refractivity contribution >= 4 is 11.8 Å². The van der Waals surface area contributed by atoms with Crippen molar-refractivity contribution < 1.29 is 19.1 Å². The lowest BCUT2D eigenvalue weighted by Crippen LogP contribution is -2.64. The van der Waals surface area contributed by atoms with E-state index in [1.807, 2.05) is 31.2 Å². The van der Waals surface area contributed by atoms with Gasteiger partial charge in [0.15, 0.2) is 5.72 Å². The predicted octanol–water partition coefficient (Wildman–Crippen LogP) is 1.25. The lowest BCUT2D eigenvalue weighted by Gasteiger charge is -2.52. The van der Waals surface area contributed by atoms with Gasteiger partial charge in [-0.15, -0.1) is 0 Å². The van der Waals surface area contributed by atoms with Gasteiger partial charge in [0.25, 0.3) is 0 Å². The number of ether oxygens (including phenoxy) is 2. The van der Waals surface area contributed by atoms with E-state index >= 15 is 0 Å². The molecule has 0 radical (unpaired) electrons. The van der Waals surface area contributed by atoms with Gasteiger partial charge in [0, 0.05) is 32.6 Å². The van der Waals surface area contributed by atoms with Gasteiger partial charge in [0.05, 0.1) is 0 Å². The Morgan fingerprint density at radius 1 is 1.48 bits per heavy atom. The van der Waals surface area contributed by atoms with Crippen LogP contribution in [0.3, 0.4) is 0 Å². The summed E-state index contributed by atoms with van der Waals surface area (Å²) in [5.74, 6) is -1.16. The minimum absolute atomic E-state index is 0.228. The van der Waals surface area contributed by atoms with E-state index in [0.29, 0.717) is 26.0 Å². The van der Waals surface area contributed by atoms with Crippen LogP contribution in [0.25, 0.3) is 0 Å². The van der Waals surface area contributed by atoms with Gasteiger partial charge in [0.2, 0.25) is 11.8 Å². The molecule has 0 spiro atoms. The molecule has 0 aliphatic carbocycles. The topological polar surface area (TPSA) is 81.9 Å². The number of hydrogen-bond acceptors (Lipinski definition) is 4. The molecule has 3 rings (SSSR count). The molecule has 0 aromatic heterocycles. The lowest BCUT2D eigenvalue weighted by atomic mass is 9.73. The number of methoxy groups -OCH3 is 1. The molecular formula is C17H22N2O4. The van der Waals surface area contributed by atoms with Crippen molar-refractivity contribution in [1.82, 2.24) is 4.90 Å². The Morgan fingerprint density at radius 3 is 2.91 bits per heavy atom. The van der Waals surface area contributed by atoms with Crippen LogP contribution in [-0.4, -0.2) is 42.7 Å². The smallest absolute Gasteiger partial charge is 0.238 e. The summed E-state index contributed by atoms with van der Waals surface area (Å²) >= 11 is 0. The Hall–Kier alpha value is -2.08. The van der Waals surface area contributed by atoms with Crippen LogP contribution in [0.4, 0.5) is 0 Å². The normalized spacial score (nSPS) is 29.0. The number of rotatable bonds is 5. The third-order valence-corrected chi connectivity index (χ3v) is 4.79. The molecule has 124 valence electrons. The van der Waals surface area contributed by atoms with E-state index in [1.165, 1.54) is 0 Å². The average molecular weight is 318 g/mol. The first-order chi connectivity index (χ1) is 11.0. The van der Waals surface area contributed by atoms with Crippen LogP contribution < -0.4 is 10.5 Å². The highest BCUT2D eigenvalue weighted by atomic mass is 16.5. The summed E-state index contributed by atoms with van der Waals surface area (Å²) in [6.45, 7) is 2.92. The van der Waals surface area contributed by atoms with Gasteiger partial charge in [-0.2, -0.15) is 0 Å². The van der Waals surface area contributed by atoms with Crippen molar-refractivity contribution in [2.45, 2.75) is 31.4 Å². The first-order valence-corrected chi connectivity index (χ1v) is 7.85. The molecular weight excluding hydrogens is 296 g/mol. The van der Waals surface area contributed by atoms with Crippen molar-refractivity contribution in [2.75, 3.05) is 20.3 Å². The number of primary amides is 1. The van der Waals surface area contributed by atoms with Crippen LogP contribution in [0.1, 0.15) is 31.2 Å². The molecule has 2 aliphatic heterocycles. The molecule has 2 N–H and O–H groups in total. The molecule has 23 heavy (non-hydrogen) atoms. The number of fused-ring (bicyclic) bond motifs is 4. The van der Waals surface area contributed by atoms with Crippen LogP contribution >= 0.6 is 0 Å². The number of nitrogens with two attached hydrogens (primary N) is 1. The lowest BCUT2D eigenvalue weighted by molar-refractivity contribution is -0.175. The highest BCUT2D eigenvalue weighted by molar-refractivity contribution is 6.01. The number of carbonyl (C=O) groups excluding carboxylic acids is 2. The second-order valence-electron chi connectivity index (χ2n) is 6.34. The molecule has 1 aromatic rings. The van der Waals surface area contributed by atoms with E-state index in [9.17, 15) is 9.59 Å². The minimum atomic E-state index is -0.837. The summed E-state index contributed by atoms with van der Waals surface area (Å²) < 4.78 is 11.2. The van der Waals surface area contributed by atoms with Gasteiger partial charge in [-0.3, -0.25) is 9.59 Å². The van der Waals surface area contributed by atoms with Gasteiger partial charge < -0.3 is 20.1 Å². The summed E-state index contributed by atoms with van der Waals surface area (Å²) in [6, 6.07) is 7.56. The Bertz CT molecular complexity index is 633. The average Bonchev–Trinajstić information content (AvgIpc) is 2.50. The molecule has 1 fully saturated rings. The number of amides is 2. The van der Waals surface area contributed by atoms with Gasteiger partial charge >= 0.3 is 0 Å². The molecule has 0 unspecified atom stereocenters. The maximum absolute atomic E-state index is 12.9. The molecule has 1 saturated heterocycles. The summed E-state index contributed by atoms with van der Waals surface area (Å²) in [5, 5.41) is 0. The van der Waals surface area contributed by atoms with Crippen molar-refractivity contribution in [3.8, 4) is 5.75 Å². The maximum atomic E-state index is 12.9. The quantitative estimate of drug-likeness (QED) is 0.654. The van der Waals surface area contributed by atoms with Gasteiger partial charge in [-0.05, 0) is 25.0 Å². The summed E-state index contributed by atoms with van der Waals surface area (Å²) in [5.41, 5.74) is 5.69. The zero-order valence-electron chi connectivity index (χ0n) is 13.5. The molecule has 2 aliphatic rings. The SMILES string of the molecule is COCCCN1C(=O)[C@@H](C(N)=O)[C@H]2C[C@@]1(C)Oc1ccccc12. The van der Waals surface area contributed by atoms with E-state index in [0.717, 1.165) is 11.3 Å². The molecule has 2 bridgehead atoms. The number of para-hydroxylation sites is 1. The van der Waals surface area contributed by atoms with Crippen molar-refractivity contribution in [3.05, 3.63) is 29.8 Å². The molecule has 1 aromatic carbocycles. The molecule has 2 amide bonds. The Labute approximate surface area is 135 Å². The first-order valence-electron chi connectivity index (χ1n) is 7.85. The third-order valence-electron chi connectivity index (χ3n) is 4.79. The second-order valence-corrected chi connectivity index (χ2v) is 6.34. The van der Waals surface area contributed by atoms with Crippen LogP contribution in [0, 0.1) is 5.92 Å². The van der Waals surface area contributed by atoms with Crippen LogP contribution in [-0.2, 0) is 14.3 Å². The van der Waals surface area contributed by atoms with Crippen molar-refractivity contribution in [1.29, 1.82) is 0 Å². The van der Waals surface area contributed by atoms with Crippen LogP contribution in [0.2, 0.25) is 0 Å². The van der Waals surface area contributed by atoms with Gasteiger partial charge in [0.1, 0.15) is 11.7 Å². The number of likely N-dealkylation sites (tertiary alicyclic amines) is 1. The molecule has 0 saturated carbocycles. The highest BCUT2D eigenvalue weighted by Gasteiger charge is 2.55. The number of nitrogens with zero attached hydrogens (tertiary/aromatic N) is 1. The van der Waals surface area contributed by atoms with Crippen LogP contribution in [0.15, 0.2) is 24.3 Å². The fourth-order valence-electron chi connectivity index (χ4n) is 3.75. The largest absolute Gasteiger partial charge is 0.468 e. The number of benzene rings is 1. The fourth-order valence-corrected chi connectivity index (χ4v) is 3.75. The Kier molecular flexibility index (Phi) is 4.02. The summed E-state index contributed by atoms with van der Waals surface area (Å²) in [4.78, 5) is 26.5. The van der Waals surface area contributed by atoms with E-state index in [2.05, 4.69) is 0 Å². The molecule has 6 nitrogen and oxygen atoms in total.